The van der Waals surface area contributed by atoms with Crippen molar-refractivity contribution in [2.24, 2.45) is 5.92 Å². The Hall–Kier alpha value is -2.19. The summed E-state index contributed by atoms with van der Waals surface area (Å²) in [6, 6.07) is 3.61. The predicted molar refractivity (Wildman–Crippen MR) is 90.7 cm³/mol. The van der Waals surface area contributed by atoms with Gasteiger partial charge in [0.05, 0.1) is 17.9 Å². The quantitative estimate of drug-likeness (QED) is 0.782. The summed E-state index contributed by atoms with van der Waals surface area (Å²) in [6.07, 6.45) is 0.976. The Morgan fingerprint density at radius 3 is 3.04 bits per heavy atom. The van der Waals surface area contributed by atoms with Crippen molar-refractivity contribution in [3.63, 3.8) is 0 Å². The molecule has 0 aliphatic carbocycles. The standard InChI is InChI=1S/C17H24N4O4/c1-10(2)6-15(23)24-8-11-7-14(22)17(3,25-11)13-5-4-12-16(18)19-9-20-21(12)13/h4-5,9-11,14,22H,6-8H2,1-3H3,(H2,18,19,20)/t11-,14+,17?/m0/s1. The molecule has 2 aromatic rings. The number of nitrogens with two attached hydrogens (primary N) is 1. The molecule has 0 saturated carbocycles. The predicted octanol–water partition coefficient (Wildman–Crippen LogP) is 1.27. The molecule has 0 amide bonds. The Balaban J connectivity index is 1.75. The molecular weight excluding hydrogens is 324 g/mol. The van der Waals surface area contributed by atoms with Crippen LogP contribution >= 0.6 is 0 Å². The molecule has 1 saturated heterocycles. The lowest BCUT2D eigenvalue weighted by Crippen LogP contribution is -2.35. The van der Waals surface area contributed by atoms with Gasteiger partial charge in [0.25, 0.3) is 0 Å². The molecule has 136 valence electrons. The normalized spacial score (nSPS) is 26.4. The summed E-state index contributed by atoms with van der Waals surface area (Å²) in [5, 5.41) is 14.8. The smallest absolute Gasteiger partial charge is 0.306 e. The highest BCUT2D eigenvalue weighted by Gasteiger charge is 2.47. The Morgan fingerprint density at radius 1 is 1.56 bits per heavy atom. The van der Waals surface area contributed by atoms with E-state index in [1.54, 1.807) is 17.5 Å². The van der Waals surface area contributed by atoms with Crippen molar-refractivity contribution in [1.82, 2.24) is 14.6 Å². The van der Waals surface area contributed by atoms with Crippen LogP contribution in [0.4, 0.5) is 5.82 Å². The van der Waals surface area contributed by atoms with E-state index in [4.69, 9.17) is 15.2 Å². The number of anilines is 1. The van der Waals surface area contributed by atoms with E-state index in [0.717, 1.165) is 0 Å². The fourth-order valence-electron chi connectivity index (χ4n) is 3.19. The van der Waals surface area contributed by atoms with Gasteiger partial charge in [-0.2, -0.15) is 5.10 Å². The van der Waals surface area contributed by atoms with Crippen molar-refractivity contribution in [3.05, 3.63) is 24.2 Å². The zero-order valence-corrected chi connectivity index (χ0v) is 14.7. The maximum atomic E-state index is 11.7. The third-order valence-electron chi connectivity index (χ3n) is 4.53. The molecule has 8 heteroatoms. The fourth-order valence-corrected chi connectivity index (χ4v) is 3.19. The molecule has 3 rings (SSSR count). The second kappa shape index (κ2) is 6.61. The van der Waals surface area contributed by atoms with Gasteiger partial charge in [-0.1, -0.05) is 13.8 Å². The number of ether oxygens (including phenoxy) is 2. The first-order valence-electron chi connectivity index (χ1n) is 8.41. The maximum absolute atomic E-state index is 11.7. The third kappa shape index (κ3) is 3.32. The number of aliphatic hydroxyl groups is 1. The second-order valence-electron chi connectivity index (χ2n) is 7.04. The van der Waals surface area contributed by atoms with Gasteiger partial charge >= 0.3 is 5.97 Å². The van der Waals surface area contributed by atoms with Gasteiger partial charge in [0.2, 0.25) is 0 Å². The van der Waals surface area contributed by atoms with E-state index in [0.29, 0.717) is 29.9 Å². The molecule has 1 aliphatic heterocycles. The van der Waals surface area contributed by atoms with Crippen molar-refractivity contribution >= 4 is 17.3 Å². The van der Waals surface area contributed by atoms with Gasteiger partial charge in [-0.3, -0.25) is 4.79 Å². The summed E-state index contributed by atoms with van der Waals surface area (Å²) < 4.78 is 13.0. The van der Waals surface area contributed by atoms with Crippen LogP contribution in [-0.2, 0) is 19.9 Å². The minimum atomic E-state index is -0.970. The molecule has 0 aromatic carbocycles. The van der Waals surface area contributed by atoms with Gasteiger partial charge in [-0.05, 0) is 25.0 Å². The number of nitrogen functional groups attached to an aromatic ring is 1. The van der Waals surface area contributed by atoms with Crippen LogP contribution in [0.1, 0.15) is 39.3 Å². The third-order valence-corrected chi connectivity index (χ3v) is 4.53. The summed E-state index contributed by atoms with van der Waals surface area (Å²) in [6.45, 7) is 5.84. The molecule has 0 spiro atoms. The first-order valence-corrected chi connectivity index (χ1v) is 8.41. The molecule has 0 radical (unpaired) electrons. The maximum Gasteiger partial charge on any atom is 0.306 e. The largest absolute Gasteiger partial charge is 0.463 e. The minimum Gasteiger partial charge on any atom is -0.463 e. The van der Waals surface area contributed by atoms with Crippen molar-refractivity contribution in [2.75, 3.05) is 12.3 Å². The summed E-state index contributed by atoms with van der Waals surface area (Å²) in [7, 11) is 0. The molecule has 2 aromatic heterocycles. The number of nitrogens with zero attached hydrogens (tertiary/aromatic N) is 3. The minimum absolute atomic E-state index is 0.124. The summed E-state index contributed by atoms with van der Waals surface area (Å²) in [4.78, 5) is 15.7. The second-order valence-corrected chi connectivity index (χ2v) is 7.04. The van der Waals surface area contributed by atoms with E-state index in [-0.39, 0.29) is 24.6 Å². The molecule has 8 nitrogen and oxygen atoms in total. The van der Waals surface area contributed by atoms with Gasteiger partial charge in [0.15, 0.2) is 5.82 Å². The lowest BCUT2D eigenvalue weighted by atomic mass is 9.95. The molecule has 1 fully saturated rings. The summed E-state index contributed by atoms with van der Waals surface area (Å²) in [5.74, 6) is 0.344. The molecular formula is C17H24N4O4. The monoisotopic (exact) mass is 348 g/mol. The van der Waals surface area contributed by atoms with E-state index >= 15 is 0 Å². The Kier molecular flexibility index (Phi) is 4.66. The number of carbonyl (C=O) groups is 1. The van der Waals surface area contributed by atoms with Gasteiger partial charge in [-0.25, -0.2) is 9.50 Å². The van der Waals surface area contributed by atoms with Crippen molar-refractivity contribution in [1.29, 1.82) is 0 Å². The van der Waals surface area contributed by atoms with Gasteiger partial charge in [-0.15, -0.1) is 0 Å². The molecule has 0 bridgehead atoms. The number of fused-ring (bicyclic) bond motifs is 1. The summed E-state index contributed by atoms with van der Waals surface area (Å²) in [5.41, 5.74) is 6.23. The van der Waals surface area contributed by atoms with Crippen LogP contribution < -0.4 is 5.73 Å². The van der Waals surface area contributed by atoms with Crippen molar-refractivity contribution < 1.29 is 19.4 Å². The first-order chi connectivity index (χ1) is 11.8. The Bertz CT molecular complexity index is 775. The van der Waals surface area contributed by atoms with E-state index in [2.05, 4.69) is 10.1 Å². The van der Waals surface area contributed by atoms with Gasteiger partial charge < -0.3 is 20.3 Å². The van der Waals surface area contributed by atoms with Crippen molar-refractivity contribution in [3.8, 4) is 0 Å². The van der Waals surface area contributed by atoms with Crippen LogP contribution in [0.25, 0.3) is 5.52 Å². The molecule has 3 heterocycles. The zero-order chi connectivity index (χ0) is 18.2. The number of carbonyl (C=O) groups excluding carboxylic acids is 1. The number of hydrogen-bond donors (Lipinski definition) is 2. The van der Waals surface area contributed by atoms with Gasteiger partial charge in [0.1, 0.15) is 24.1 Å². The van der Waals surface area contributed by atoms with Crippen LogP contribution in [0.2, 0.25) is 0 Å². The molecule has 3 N–H and O–H groups in total. The lowest BCUT2D eigenvalue weighted by molar-refractivity contribution is -0.151. The number of rotatable bonds is 5. The number of esters is 1. The molecule has 1 unspecified atom stereocenters. The highest BCUT2D eigenvalue weighted by Crippen LogP contribution is 2.40. The van der Waals surface area contributed by atoms with E-state index < -0.39 is 11.7 Å². The zero-order valence-electron chi connectivity index (χ0n) is 14.7. The van der Waals surface area contributed by atoms with E-state index in [1.165, 1.54) is 6.33 Å². The Morgan fingerprint density at radius 2 is 2.32 bits per heavy atom. The number of aromatic nitrogens is 3. The highest BCUT2D eigenvalue weighted by atomic mass is 16.6. The number of aliphatic hydroxyl groups excluding tert-OH is 1. The fraction of sp³-hybridized carbons (Fsp3) is 0.588. The van der Waals surface area contributed by atoms with Crippen molar-refractivity contribution in [2.45, 2.75) is 51.4 Å². The molecule has 25 heavy (non-hydrogen) atoms. The van der Waals surface area contributed by atoms with Crippen LogP contribution in [0, 0.1) is 5.92 Å². The first kappa shape index (κ1) is 17.6. The van der Waals surface area contributed by atoms with Crippen LogP contribution in [0.5, 0.6) is 0 Å². The van der Waals surface area contributed by atoms with Gasteiger partial charge in [0, 0.05) is 12.8 Å². The topological polar surface area (TPSA) is 112 Å². The molecule has 1 aliphatic rings. The highest BCUT2D eigenvalue weighted by molar-refractivity contribution is 5.69. The van der Waals surface area contributed by atoms with E-state index in [9.17, 15) is 9.90 Å². The Labute approximate surface area is 145 Å². The lowest BCUT2D eigenvalue weighted by Gasteiger charge is -2.27. The SMILES string of the molecule is CC(C)CC(=O)OC[C@@H]1C[C@@H](O)C(C)(c2ccc3c(N)ncnn23)O1. The van der Waals surface area contributed by atoms with Crippen LogP contribution in [0.15, 0.2) is 18.5 Å². The summed E-state index contributed by atoms with van der Waals surface area (Å²) >= 11 is 0. The number of hydrogen-bond acceptors (Lipinski definition) is 7. The van der Waals surface area contributed by atoms with Crippen LogP contribution in [-0.4, -0.2) is 44.5 Å². The average Bonchev–Trinajstić information content (AvgIpc) is 3.08. The van der Waals surface area contributed by atoms with Crippen LogP contribution in [0.3, 0.4) is 0 Å². The van der Waals surface area contributed by atoms with E-state index in [1.807, 2.05) is 19.9 Å². The average molecular weight is 348 g/mol. The molecule has 3 atom stereocenters.